The summed E-state index contributed by atoms with van der Waals surface area (Å²) in [6, 6.07) is 14.8. The number of carbonyl (C=O) groups is 1. The summed E-state index contributed by atoms with van der Waals surface area (Å²) in [5, 5.41) is 6.25. The second-order valence-electron chi connectivity index (χ2n) is 7.04. The van der Waals surface area contributed by atoms with Gasteiger partial charge in [0.05, 0.1) is 37.3 Å². The molecule has 1 aromatic carbocycles. The first-order chi connectivity index (χ1) is 14.3. The minimum Gasteiger partial charge on any atom is -0.459 e. The quantitative estimate of drug-likeness (QED) is 0.686. The highest BCUT2D eigenvalue weighted by molar-refractivity contribution is 5.91. The molecule has 0 bridgehead atoms. The van der Waals surface area contributed by atoms with E-state index in [1.807, 2.05) is 36.4 Å². The number of anilines is 1. The van der Waals surface area contributed by atoms with Crippen molar-refractivity contribution in [2.24, 2.45) is 0 Å². The van der Waals surface area contributed by atoms with Crippen molar-refractivity contribution in [1.82, 2.24) is 15.3 Å². The van der Waals surface area contributed by atoms with Crippen LogP contribution in [0.2, 0.25) is 0 Å². The first-order valence-corrected chi connectivity index (χ1v) is 9.50. The van der Waals surface area contributed by atoms with Gasteiger partial charge in [0.2, 0.25) is 5.95 Å². The molecule has 0 radical (unpaired) electrons. The Labute approximate surface area is 167 Å². The standard InChI is InChI=1S/C21H20N4O4/c26-20(17-7-4-10-27-17)23-15-11-28-19-16(12-29-18(15)19)25-21-22-9-8-14(24-21)13-5-2-1-3-6-13/h1-10,15-16,18-19H,11-12H2,(H,23,26)(H,22,24,25). The van der Waals surface area contributed by atoms with Gasteiger partial charge in [0.1, 0.15) is 12.2 Å². The zero-order valence-electron chi connectivity index (χ0n) is 15.5. The molecule has 4 heterocycles. The molecule has 3 aromatic rings. The predicted molar refractivity (Wildman–Crippen MR) is 104 cm³/mol. The summed E-state index contributed by atoms with van der Waals surface area (Å²) in [7, 11) is 0. The summed E-state index contributed by atoms with van der Waals surface area (Å²) in [6.45, 7) is 0.826. The van der Waals surface area contributed by atoms with Crippen LogP contribution in [0.3, 0.4) is 0 Å². The number of amides is 1. The van der Waals surface area contributed by atoms with E-state index in [-0.39, 0.29) is 36.0 Å². The maximum atomic E-state index is 12.2. The third-order valence-corrected chi connectivity index (χ3v) is 5.15. The fourth-order valence-electron chi connectivity index (χ4n) is 3.76. The Morgan fingerprint density at radius 1 is 0.966 bits per heavy atom. The van der Waals surface area contributed by atoms with Crippen LogP contribution in [0.5, 0.6) is 0 Å². The predicted octanol–water partition coefficient (Wildman–Crippen LogP) is 2.11. The van der Waals surface area contributed by atoms with E-state index in [4.69, 9.17) is 13.9 Å². The number of carbonyl (C=O) groups excluding carboxylic acids is 1. The van der Waals surface area contributed by atoms with Gasteiger partial charge >= 0.3 is 0 Å². The third kappa shape index (κ3) is 3.59. The molecule has 8 nitrogen and oxygen atoms in total. The Morgan fingerprint density at radius 3 is 2.55 bits per heavy atom. The number of ether oxygens (including phenoxy) is 2. The summed E-state index contributed by atoms with van der Waals surface area (Å²) in [5.41, 5.74) is 1.87. The lowest BCUT2D eigenvalue weighted by atomic mass is 10.1. The number of nitrogens with one attached hydrogen (secondary N) is 2. The number of fused-ring (bicyclic) bond motifs is 1. The molecular formula is C21H20N4O4. The van der Waals surface area contributed by atoms with E-state index in [0.29, 0.717) is 19.2 Å². The number of nitrogens with zero attached hydrogens (tertiary/aromatic N) is 2. The molecule has 2 aliphatic rings. The maximum Gasteiger partial charge on any atom is 0.287 e. The van der Waals surface area contributed by atoms with E-state index in [1.54, 1.807) is 18.3 Å². The third-order valence-electron chi connectivity index (χ3n) is 5.15. The van der Waals surface area contributed by atoms with Crippen LogP contribution in [-0.2, 0) is 9.47 Å². The molecule has 0 spiro atoms. The van der Waals surface area contributed by atoms with Crippen LogP contribution in [0.15, 0.2) is 65.4 Å². The van der Waals surface area contributed by atoms with Gasteiger partial charge in [-0.3, -0.25) is 4.79 Å². The summed E-state index contributed by atoms with van der Waals surface area (Å²) in [4.78, 5) is 21.2. The highest BCUT2D eigenvalue weighted by Crippen LogP contribution is 2.29. The van der Waals surface area contributed by atoms with Crippen molar-refractivity contribution in [3.63, 3.8) is 0 Å². The van der Waals surface area contributed by atoms with Crippen LogP contribution >= 0.6 is 0 Å². The Balaban J connectivity index is 1.25. The van der Waals surface area contributed by atoms with E-state index in [9.17, 15) is 4.79 Å². The van der Waals surface area contributed by atoms with Crippen LogP contribution < -0.4 is 10.6 Å². The Morgan fingerprint density at radius 2 is 1.76 bits per heavy atom. The Kier molecular flexibility index (Phi) is 4.71. The Bertz CT molecular complexity index is 979. The van der Waals surface area contributed by atoms with Crippen molar-refractivity contribution in [1.29, 1.82) is 0 Å². The van der Waals surface area contributed by atoms with Crippen molar-refractivity contribution in [2.45, 2.75) is 24.3 Å². The fraction of sp³-hybridized carbons (Fsp3) is 0.286. The van der Waals surface area contributed by atoms with Gasteiger partial charge in [0.15, 0.2) is 5.76 Å². The highest BCUT2D eigenvalue weighted by atomic mass is 16.6. The molecule has 2 aromatic heterocycles. The van der Waals surface area contributed by atoms with E-state index in [0.717, 1.165) is 11.3 Å². The molecule has 0 aliphatic carbocycles. The molecule has 4 unspecified atom stereocenters. The van der Waals surface area contributed by atoms with E-state index in [1.165, 1.54) is 6.26 Å². The molecule has 2 saturated heterocycles. The van der Waals surface area contributed by atoms with E-state index in [2.05, 4.69) is 20.6 Å². The van der Waals surface area contributed by atoms with Gasteiger partial charge in [0, 0.05) is 11.8 Å². The van der Waals surface area contributed by atoms with Gasteiger partial charge < -0.3 is 24.5 Å². The molecule has 0 saturated carbocycles. The van der Waals surface area contributed by atoms with Crippen molar-refractivity contribution in [2.75, 3.05) is 18.5 Å². The van der Waals surface area contributed by atoms with E-state index >= 15 is 0 Å². The van der Waals surface area contributed by atoms with Gasteiger partial charge in [-0.05, 0) is 18.2 Å². The average molecular weight is 392 g/mol. The lowest BCUT2D eigenvalue weighted by Gasteiger charge is -2.18. The smallest absolute Gasteiger partial charge is 0.287 e. The van der Waals surface area contributed by atoms with Crippen LogP contribution in [0.4, 0.5) is 5.95 Å². The van der Waals surface area contributed by atoms with Gasteiger partial charge in [-0.2, -0.15) is 0 Å². The second-order valence-corrected chi connectivity index (χ2v) is 7.04. The molecular weight excluding hydrogens is 372 g/mol. The molecule has 4 atom stereocenters. The van der Waals surface area contributed by atoms with Gasteiger partial charge in [-0.15, -0.1) is 0 Å². The van der Waals surface area contributed by atoms with Gasteiger partial charge in [-0.1, -0.05) is 30.3 Å². The second kappa shape index (κ2) is 7.65. The number of hydrogen-bond acceptors (Lipinski definition) is 7. The van der Waals surface area contributed by atoms with Crippen LogP contribution in [-0.4, -0.2) is 53.4 Å². The van der Waals surface area contributed by atoms with Crippen LogP contribution in [0.1, 0.15) is 10.6 Å². The molecule has 29 heavy (non-hydrogen) atoms. The average Bonchev–Trinajstić information content (AvgIpc) is 3.49. The number of hydrogen-bond donors (Lipinski definition) is 2. The zero-order chi connectivity index (χ0) is 19.6. The molecule has 148 valence electrons. The summed E-state index contributed by atoms with van der Waals surface area (Å²) in [5.74, 6) is 0.516. The molecule has 2 N–H and O–H groups in total. The molecule has 2 fully saturated rings. The SMILES string of the molecule is O=C(NC1COC2C(Nc3nccc(-c4ccccc4)n3)COC12)c1ccco1. The normalized spacial score (nSPS) is 25.5. The number of furan rings is 1. The molecule has 5 rings (SSSR count). The van der Waals surface area contributed by atoms with Gasteiger partial charge in [-0.25, -0.2) is 9.97 Å². The topological polar surface area (TPSA) is 98.5 Å². The molecule has 1 amide bonds. The lowest BCUT2D eigenvalue weighted by molar-refractivity contribution is 0.0646. The van der Waals surface area contributed by atoms with Gasteiger partial charge in [0.25, 0.3) is 5.91 Å². The number of rotatable bonds is 5. The van der Waals surface area contributed by atoms with E-state index < -0.39 is 0 Å². The maximum absolute atomic E-state index is 12.2. The summed E-state index contributed by atoms with van der Waals surface area (Å²) in [6.07, 6.45) is 2.77. The zero-order valence-corrected chi connectivity index (χ0v) is 15.5. The minimum atomic E-state index is -0.275. The monoisotopic (exact) mass is 392 g/mol. The lowest BCUT2D eigenvalue weighted by Crippen LogP contribution is -2.44. The fourth-order valence-corrected chi connectivity index (χ4v) is 3.76. The minimum absolute atomic E-state index is 0.100. The first-order valence-electron chi connectivity index (χ1n) is 9.50. The van der Waals surface area contributed by atoms with Crippen molar-refractivity contribution in [3.05, 3.63) is 66.8 Å². The Hall–Kier alpha value is -3.23. The molecule has 2 aliphatic heterocycles. The summed E-state index contributed by atoms with van der Waals surface area (Å²) < 4.78 is 17.0. The van der Waals surface area contributed by atoms with Crippen LogP contribution in [0, 0.1) is 0 Å². The van der Waals surface area contributed by atoms with Crippen molar-refractivity contribution < 1.29 is 18.7 Å². The van der Waals surface area contributed by atoms with Crippen molar-refractivity contribution >= 4 is 11.9 Å². The first kappa shape index (κ1) is 17.8. The number of benzene rings is 1. The van der Waals surface area contributed by atoms with Crippen LogP contribution in [0.25, 0.3) is 11.3 Å². The number of aromatic nitrogens is 2. The van der Waals surface area contributed by atoms with Crippen molar-refractivity contribution in [3.8, 4) is 11.3 Å². The molecule has 8 heteroatoms. The largest absolute Gasteiger partial charge is 0.459 e. The highest BCUT2D eigenvalue weighted by Gasteiger charge is 2.48. The summed E-state index contributed by atoms with van der Waals surface area (Å²) >= 11 is 0.